The van der Waals surface area contributed by atoms with Crippen LogP contribution in [0.4, 0.5) is 0 Å². The van der Waals surface area contributed by atoms with E-state index in [0.717, 1.165) is 26.2 Å². The molecular weight excluding hydrogens is 321 g/mol. The lowest BCUT2D eigenvalue weighted by atomic mass is 10.1. The molecule has 2 atom stereocenters. The summed E-state index contributed by atoms with van der Waals surface area (Å²) in [5.41, 5.74) is 0.602. The first kappa shape index (κ1) is 16.0. The normalized spacial score (nSPS) is 29.2. The molecule has 0 unspecified atom stereocenters. The molecule has 2 heterocycles. The highest BCUT2D eigenvalue weighted by atomic mass is 35.5. The molecule has 0 spiro atoms. The zero-order valence-corrected chi connectivity index (χ0v) is 14.4. The van der Waals surface area contributed by atoms with E-state index >= 15 is 0 Å². The standard InChI is InChI=1S/C16H21Cl2N3O/c1-12(13-4-3-5-19-10-13)20-6-8-21(9-7-20)14(22)15(2)11-16(15,17)18/h3-5,10,12H,6-9,11H2,1-2H3/t12-,15-/m0/s1. The zero-order valence-electron chi connectivity index (χ0n) is 12.9. The summed E-state index contributed by atoms with van der Waals surface area (Å²) in [5.74, 6) is 0.0891. The van der Waals surface area contributed by atoms with Gasteiger partial charge in [0, 0.05) is 44.6 Å². The molecule has 1 amide bonds. The van der Waals surface area contributed by atoms with Gasteiger partial charge in [0.15, 0.2) is 0 Å². The fraction of sp³-hybridized carbons (Fsp3) is 0.625. The second-order valence-corrected chi connectivity index (χ2v) is 7.99. The number of carbonyl (C=O) groups excluding carboxylic acids is 1. The van der Waals surface area contributed by atoms with Crippen molar-refractivity contribution < 1.29 is 4.79 Å². The zero-order chi connectivity index (χ0) is 16.0. The summed E-state index contributed by atoms with van der Waals surface area (Å²) >= 11 is 12.2. The van der Waals surface area contributed by atoms with Crippen LogP contribution in [-0.4, -0.2) is 51.2 Å². The van der Waals surface area contributed by atoms with Gasteiger partial charge < -0.3 is 4.90 Å². The van der Waals surface area contributed by atoms with Crippen LogP contribution in [0, 0.1) is 5.41 Å². The van der Waals surface area contributed by atoms with Crippen molar-refractivity contribution >= 4 is 29.1 Å². The van der Waals surface area contributed by atoms with Crippen molar-refractivity contribution in [2.24, 2.45) is 5.41 Å². The van der Waals surface area contributed by atoms with E-state index in [-0.39, 0.29) is 5.91 Å². The number of piperazine rings is 1. The van der Waals surface area contributed by atoms with Crippen molar-refractivity contribution in [3.05, 3.63) is 30.1 Å². The summed E-state index contributed by atoms with van der Waals surface area (Å²) in [6, 6.07) is 4.36. The Balaban J connectivity index is 1.58. The van der Waals surface area contributed by atoms with Crippen molar-refractivity contribution in [2.75, 3.05) is 26.2 Å². The number of carbonyl (C=O) groups is 1. The van der Waals surface area contributed by atoms with Gasteiger partial charge in [0.1, 0.15) is 4.33 Å². The molecule has 1 aromatic rings. The molecule has 6 heteroatoms. The number of nitrogens with zero attached hydrogens (tertiary/aromatic N) is 3. The molecule has 22 heavy (non-hydrogen) atoms. The Morgan fingerprint density at radius 2 is 1.95 bits per heavy atom. The molecule has 2 aliphatic rings. The van der Waals surface area contributed by atoms with Gasteiger partial charge in [-0.25, -0.2) is 0 Å². The lowest BCUT2D eigenvalue weighted by molar-refractivity contribution is -0.138. The van der Waals surface area contributed by atoms with Crippen molar-refractivity contribution in [1.29, 1.82) is 0 Å². The van der Waals surface area contributed by atoms with Crippen LogP contribution >= 0.6 is 23.2 Å². The van der Waals surface area contributed by atoms with Crippen LogP contribution in [0.25, 0.3) is 0 Å². The number of pyridine rings is 1. The minimum absolute atomic E-state index is 0.0891. The summed E-state index contributed by atoms with van der Waals surface area (Å²) in [6.45, 7) is 7.20. The highest BCUT2D eigenvalue weighted by Crippen LogP contribution is 2.64. The van der Waals surface area contributed by atoms with Crippen LogP contribution in [0.2, 0.25) is 0 Å². The van der Waals surface area contributed by atoms with Gasteiger partial charge in [0.25, 0.3) is 0 Å². The molecule has 1 aromatic heterocycles. The Hall–Kier alpha value is -0.840. The van der Waals surface area contributed by atoms with E-state index in [4.69, 9.17) is 23.2 Å². The van der Waals surface area contributed by atoms with Gasteiger partial charge in [-0.05, 0) is 31.9 Å². The van der Waals surface area contributed by atoms with Crippen molar-refractivity contribution in [3.8, 4) is 0 Å². The van der Waals surface area contributed by atoms with Gasteiger partial charge in [0.05, 0.1) is 5.41 Å². The minimum atomic E-state index is -0.885. The lowest BCUT2D eigenvalue weighted by Gasteiger charge is -2.39. The van der Waals surface area contributed by atoms with Crippen LogP contribution in [0.1, 0.15) is 31.9 Å². The molecule has 0 bridgehead atoms. The number of halogens is 2. The molecule has 1 saturated carbocycles. The molecule has 3 rings (SSSR count). The smallest absolute Gasteiger partial charge is 0.231 e. The molecule has 1 saturated heterocycles. The van der Waals surface area contributed by atoms with Gasteiger partial charge >= 0.3 is 0 Å². The van der Waals surface area contributed by atoms with Gasteiger partial charge in [-0.2, -0.15) is 0 Å². The molecule has 120 valence electrons. The number of rotatable bonds is 3. The van der Waals surface area contributed by atoms with Crippen molar-refractivity contribution in [3.63, 3.8) is 0 Å². The molecule has 0 radical (unpaired) electrons. The average Bonchev–Trinajstić information content (AvgIpc) is 3.06. The summed E-state index contributed by atoms with van der Waals surface area (Å²) in [4.78, 5) is 21.0. The Labute approximate surface area is 141 Å². The first-order valence-electron chi connectivity index (χ1n) is 7.66. The van der Waals surface area contributed by atoms with Gasteiger partial charge in [-0.15, -0.1) is 23.2 Å². The minimum Gasteiger partial charge on any atom is -0.340 e. The number of hydrogen-bond donors (Lipinski definition) is 0. The van der Waals surface area contributed by atoms with E-state index in [1.807, 2.05) is 24.1 Å². The molecule has 2 fully saturated rings. The molecule has 0 N–H and O–H groups in total. The van der Waals surface area contributed by atoms with Crippen LogP contribution in [-0.2, 0) is 4.79 Å². The van der Waals surface area contributed by atoms with Crippen molar-refractivity contribution in [2.45, 2.75) is 30.6 Å². The maximum Gasteiger partial charge on any atom is 0.231 e. The summed E-state index contributed by atoms with van der Waals surface area (Å²) in [6.07, 6.45) is 4.24. The average molecular weight is 342 g/mol. The largest absolute Gasteiger partial charge is 0.340 e. The van der Waals surface area contributed by atoms with E-state index in [2.05, 4.69) is 22.9 Å². The Bertz CT molecular complexity index is 558. The molecule has 0 aromatic carbocycles. The third-order valence-electron chi connectivity index (χ3n) is 5.05. The quantitative estimate of drug-likeness (QED) is 0.793. The number of amides is 1. The van der Waals surface area contributed by atoms with E-state index < -0.39 is 9.75 Å². The van der Waals surface area contributed by atoms with E-state index in [9.17, 15) is 4.79 Å². The number of hydrogen-bond acceptors (Lipinski definition) is 3. The first-order chi connectivity index (χ1) is 10.3. The third kappa shape index (κ3) is 2.72. The molecule has 1 aliphatic carbocycles. The predicted octanol–water partition coefficient (Wildman–Crippen LogP) is 2.87. The Morgan fingerprint density at radius 1 is 1.32 bits per heavy atom. The van der Waals surface area contributed by atoms with Crippen LogP contribution in [0.15, 0.2) is 24.5 Å². The summed E-state index contributed by atoms with van der Waals surface area (Å²) in [5, 5.41) is 0. The fourth-order valence-electron chi connectivity index (χ4n) is 3.13. The van der Waals surface area contributed by atoms with Gasteiger partial charge in [-0.1, -0.05) is 6.07 Å². The van der Waals surface area contributed by atoms with E-state index in [0.29, 0.717) is 12.5 Å². The first-order valence-corrected chi connectivity index (χ1v) is 8.42. The molecular formula is C16H21Cl2N3O. The SMILES string of the molecule is C[C@@H](c1cccnc1)N1CCN(C(=O)[C@]2(C)CC2(Cl)Cl)CC1. The monoisotopic (exact) mass is 341 g/mol. The van der Waals surface area contributed by atoms with Crippen LogP contribution in [0.5, 0.6) is 0 Å². The van der Waals surface area contributed by atoms with Crippen molar-refractivity contribution in [1.82, 2.24) is 14.8 Å². The highest BCUT2D eigenvalue weighted by molar-refractivity contribution is 6.53. The maximum atomic E-state index is 12.6. The van der Waals surface area contributed by atoms with Crippen LogP contribution in [0.3, 0.4) is 0 Å². The van der Waals surface area contributed by atoms with E-state index in [1.54, 1.807) is 6.20 Å². The molecule has 1 aliphatic heterocycles. The molecule has 4 nitrogen and oxygen atoms in total. The van der Waals surface area contributed by atoms with Crippen LogP contribution < -0.4 is 0 Å². The predicted molar refractivity (Wildman–Crippen MR) is 88.0 cm³/mol. The lowest BCUT2D eigenvalue weighted by Crippen LogP contribution is -2.51. The maximum absolute atomic E-state index is 12.6. The number of aromatic nitrogens is 1. The number of alkyl halides is 2. The Kier molecular flexibility index (Phi) is 4.12. The fourth-order valence-corrected chi connectivity index (χ4v) is 3.82. The topological polar surface area (TPSA) is 36.4 Å². The second kappa shape index (κ2) is 5.66. The van der Waals surface area contributed by atoms with Gasteiger partial charge in [-0.3, -0.25) is 14.7 Å². The third-order valence-corrected chi connectivity index (χ3v) is 6.15. The highest BCUT2D eigenvalue weighted by Gasteiger charge is 2.68. The van der Waals surface area contributed by atoms with E-state index in [1.165, 1.54) is 5.56 Å². The van der Waals surface area contributed by atoms with Gasteiger partial charge in [0.2, 0.25) is 5.91 Å². The second-order valence-electron chi connectivity index (χ2n) is 6.50. The summed E-state index contributed by atoms with van der Waals surface area (Å²) in [7, 11) is 0. The Morgan fingerprint density at radius 3 is 2.45 bits per heavy atom. The summed E-state index contributed by atoms with van der Waals surface area (Å²) < 4.78 is -0.885.